The molecule has 8 N–H and O–H groups in total. The Hall–Kier alpha value is -3.22. The van der Waals surface area contributed by atoms with E-state index in [0.717, 1.165) is 0 Å². The maximum atomic E-state index is 12.2. The molecule has 0 rings (SSSR count). The van der Waals surface area contributed by atoms with Crippen molar-refractivity contribution in [3.8, 4) is 0 Å². The molecule has 0 aliphatic carbocycles. The minimum absolute atomic E-state index is 0.388. The van der Waals surface area contributed by atoms with Gasteiger partial charge in [-0.15, -0.1) is 0 Å². The number of nitrogens with two attached hydrogens (primary N) is 1. The van der Waals surface area contributed by atoms with E-state index < -0.39 is 73.0 Å². The quantitative estimate of drug-likeness (QED) is 0.177. The Balaban J connectivity index is 5.09. The third-order valence-electron chi connectivity index (χ3n) is 3.23. The lowest BCUT2D eigenvalue weighted by molar-refractivity contribution is -0.144. The van der Waals surface area contributed by atoms with Gasteiger partial charge in [0.25, 0.3) is 0 Å². The van der Waals surface area contributed by atoms with E-state index in [-0.39, 0.29) is 6.54 Å². The first-order valence-electron chi connectivity index (χ1n) is 7.74. The van der Waals surface area contributed by atoms with Crippen LogP contribution in [0.2, 0.25) is 0 Å². The summed E-state index contributed by atoms with van der Waals surface area (Å²) in [6.45, 7) is 0.881. The number of rotatable bonds is 12. The van der Waals surface area contributed by atoms with Crippen LogP contribution in [0.25, 0.3) is 0 Å². The Morgan fingerprint density at radius 2 is 1.41 bits per heavy atom. The van der Waals surface area contributed by atoms with E-state index in [1.165, 1.54) is 6.92 Å². The van der Waals surface area contributed by atoms with Crippen molar-refractivity contribution >= 4 is 35.6 Å². The summed E-state index contributed by atoms with van der Waals surface area (Å²) in [4.78, 5) is 67.9. The van der Waals surface area contributed by atoms with Gasteiger partial charge in [0.1, 0.15) is 18.1 Å². The van der Waals surface area contributed by atoms with Gasteiger partial charge in [0.2, 0.25) is 17.7 Å². The maximum absolute atomic E-state index is 12.2. The van der Waals surface area contributed by atoms with Gasteiger partial charge in [-0.3, -0.25) is 24.0 Å². The highest BCUT2D eigenvalue weighted by Crippen LogP contribution is 2.02. The molecule has 13 heteroatoms. The molecule has 3 amide bonds. The summed E-state index contributed by atoms with van der Waals surface area (Å²) in [6, 6.07) is -4.36. The van der Waals surface area contributed by atoms with Crippen LogP contribution in [0.3, 0.4) is 0 Å². The third kappa shape index (κ3) is 9.74. The average Bonchev–Trinajstić information content (AvgIpc) is 2.56. The Bertz CT molecular complexity index is 607. The first-order valence-corrected chi connectivity index (χ1v) is 7.74. The van der Waals surface area contributed by atoms with Crippen LogP contribution in [-0.4, -0.2) is 75.6 Å². The van der Waals surface area contributed by atoms with E-state index in [0.29, 0.717) is 0 Å². The van der Waals surface area contributed by atoms with Crippen LogP contribution in [0.15, 0.2) is 0 Å². The molecule has 0 heterocycles. The lowest BCUT2D eigenvalue weighted by Crippen LogP contribution is -2.56. The molecule has 0 saturated heterocycles. The number of aliphatic carboxylic acids is 3. The summed E-state index contributed by atoms with van der Waals surface area (Å²) in [5, 5.41) is 32.8. The summed E-state index contributed by atoms with van der Waals surface area (Å²) >= 11 is 0. The van der Waals surface area contributed by atoms with Gasteiger partial charge in [-0.05, 0) is 13.3 Å². The van der Waals surface area contributed by atoms with Crippen LogP contribution in [0.4, 0.5) is 0 Å². The fourth-order valence-electron chi connectivity index (χ4n) is 1.84. The smallest absolute Gasteiger partial charge is 0.326 e. The fourth-order valence-corrected chi connectivity index (χ4v) is 1.84. The minimum Gasteiger partial charge on any atom is -0.481 e. The number of hydrogen-bond acceptors (Lipinski definition) is 7. The van der Waals surface area contributed by atoms with Crippen molar-refractivity contribution in [2.75, 3.05) is 6.54 Å². The van der Waals surface area contributed by atoms with Crippen molar-refractivity contribution in [2.24, 2.45) is 5.73 Å². The van der Waals surface area contributed by atoms with Gasteiger partial charge in [-0.2, -0.15) is 0 Å². The van der Waals surface area contributed by atoms with Crippen molar-refractivity contribution in [3.05, 3.63) is 0 Å². The van der Waals surface area contributed by atoms with Crippen LogP contribution in [0.5, 0.6) is 0 Å². The van der Waals surface area contributed by atoms with E-state index in [4.69, 9.17) is 21.1 Å². The van der Waals surface area contributed by atoms with Crippen LogP contribution in [0.1, 0.15) is 26.2 Å². The number of carbonyl (C=O) groups is 6. The fraction of sp³-hybridized carbons (Fsp3) is 0.571. The molecule has 0 aromatic heterocycles. The molecular formula is C14H22N4O9. The highest BCUT2D eigenvalue weighted by molar-refractivity contribution is 5.95. The molecule has 0 spiro atoms. The molecule has 0 aromatic carbocycles. The van der Waals surface area contributed by atoms with Gasteiger partial charge in [0.05, 0.1) is 13.0 Å². The topological polar surface area (TPSA) is 225 Å². The molecule has 0 saturated carbocycles. The molecule has 0 aromatic rings. The van der Waals surface area contributed by atoms with Gasteiger partial charge in [0.15, 0.2) is 0 Å². The molecule has 27 heavy (non-hydrogen) atoms. The number of carboxylic acid groups (broad SMARTS) is 3. The third-order valence-corrected chi connectivity index (χ3v) is 3.23. The Kier molecular flexibility index (Phi) is 10.0. The van der Waals surface area contributed by atoms with Crippen LogP contribution < -0.4 is 21.7 Å². The van der Waals surface area contributed by atoms with E-state index in [1.807, 2.05) is 5.32 Å². The van der Waals surface area contributed by atoms with E-state index in [1.54, 1.807) is 0 Å². The standard InChI is InChI=1S/C14H22N4O9/c1-6(16-9(19)5-15)12(24)18-8(4-11(22)23)13(25)17-7(14(26)27)2-3-10(20)21/h6-8H,2-5,15H2,1H3,(H,16,19)(H,17,25)(H,18,24)(H,20,21)(H,22,23)(H,26,27). The van der Waals surface area contributed by atoms with Crippen LogP contribution >= 0.6 is 0 Å². The van der Waals surface area contributed by atoms with Crippen molar-refractivity contribution in [2.45, 2.75) is 44.3 Å². The molecule has 3 unspecified atom stereocenters. The number of carbonyl (C=O) groups excluding carboxylic acids is 3. The SMILES string of the molecule is CC(NC(=O)CN)C(=O)NC(CC(=O)O)C(=O)NC(CCC(=O)O)C(=O)O. The first-order chi connectivity index (χ1) is 12.5. The summed E-state index contributed by atoms with van der Waals surface area (Å²) < 4.78 is 0. The molecule has 13 nitrogen and oxygen atoms in total. The second-order valence-corrected chi connectivity index (χ2v) is 5.48. The van der Waals surface area contributed by atoms with Crippen LogP contribution in [0, 0.1) is 0 Å². The molecule has 3 atom stereocenters. The number of carboxylic acids is 3. The van der Waals surface area contributed by atoms with Crippen molar-refractivity contribution in [3.63, 3.8) is 0 Å². The Morgan fingerprint density at radius 3 is 1.85 bits per heavy atom. The Morgan fingerprint density at radius 1 is 0.852 bits per heavy atom. The van der Waals surface area contributed by atoms with Gasteiger partial charge >= 0.3 is 17.9 Å². The molecule has 152 valence electrons. The molecule has 0 bridgehead atoms. The summed E-state index contributed by atoms with van der Waals surface area (Å²) in [5.41, 5.74) is 5.09. The molecule has 0 fully saturated rings. The Labute approximate surface area is 153 Å². The molecule has 0 aliphatic heterocycles. The molecular weight excluding hydrogens is 368 g/mol. The molecule has 0 radical (unpaired) electrons. The normalized spacial score (nSPS) is 13.6. The largest absolute Gasteiger partial charge is 0.481 e. The molecule has 0 aliphatic rings. The van der Waals surface area contributed by atoms with Gasteiger partial charge in [0, 0.05) is 6.42 Å². The monoisotopic (exact) mass is 390 g/mol. The average molecular weight is 390 g/mol. The number of nitrogens with one attached hydrogen (secondary N) is 3. The number of hydrogen-bond donors (Lipinski definition) is 7. The predicted octanol–water partition coefficient (Wildman–Crippen LogP) is -3.16. The zero-order valence-corrected chi connectivity index (χ0v) is 14.4. The number of amides is 3. The van der Waals surface area contributed by atoms with Crippen molar-refractivity contribution in [1.82, 2.24) is 16.0 Å². The van der Waals surface area contributed by atoms with Crippen molar-refractivity contribution in [1.29, 1.82) is 0 Å². The van der Waals surface area contributed by atoms with Gasteiger partial charge in [-0.1, -0.05) is 0 Å². The lowest BCUT2D eigenvalue weighted by Gasteiger charge is -2.22. The summed E-state index contributed by atoms with van der Waals surface area (Å²) in [5.74, 6) is -6.93. The minimum atomic E-state index is -1.64. The van der Waals surface area contributed by atoms with Crippen LogP contribution in [-0.2, 0) is 28.8 Å². The van der Waals surface area contributed by atoms with Crippen molar-refractivity contribution < 1.29 is 44.1 Å². The first kappa shape index (κ1) is 23.8. The second kappa shape index (κ2) is 11.4. The van der Waals surface area contributed by atoms with Gasteiger partial charge < -0.3 is 37.0 Å². The maximum Gasteiger partial charge on any atom is 0.326 e. The lowest BCUT2D eigenvalue weighted by atomic mass is 10.1. The second-order valence-electron chi connectivity index (χ2n) is 5.48. The van der Waals surface area contributed by atoms with Gasteiger partial charge in [-0.25, -0.2) is 4.79 Å². The van der Waals surface area contributed by atoms with E-state index in [2.05, 4.69) is 10.6 Å². The van der Waals surface area contributed by atoms with E-state index in [9.17, 15) is 28.8 Å². The van der Waals surface area contributed by atoms with E-state index >= 15 is 0 Å². The summed E-state index contributed by atoms with van der Waals surface area (Å²) in [6.07, 6.45) is -1.84. The highest BCUT2D eigenvalue weighted by atomic mass is 16.4. The highest BCUT2D eigenvalue weighted by Gasteiger charge is 2.29. The predicted molar refractivity (Wildman–Crippen MR) is 87.3 cm³/mol. The summed E-state index contributed by atoms with van der Waals surface area (Å²) in [7, 11) is 0. The zero-order valence-electron chi connectivity index (χ0n) is 14.4. The zero-order chi connectivity index (χ0) is 21.1.